The molecule has 3 aromatic rings. The van der Waals surface area contributed by atoms with Gasteiger partial charge in [0, 0.05) is 30.2 Å². The molecule has 3 nitrogen and oxygen atoms in total. The van der Waals surface area contributed by atoms with E-state index in [9.17, 15) is 0 Å². The molecule has 0 radical (unpaired) electrons. The first kappa shape index (κ1) is 11.5. The van der Waals surface area contributed by atoms with E-state index in [0.717, 1.165) is 29.2 Å². The highest BCUT2D eigenvalue weighted by Crippen LogP contribution is 2.14. The summed E-state index contributed by atoms with van der Waals surface area (Å²) in [5.41, 5.74) is 3.81. The van der Waals surface area contributed by atoms with Crippen molar-refractivity contribution in [1.82, 2.24) is 15.0 Å². The number of aromatic nitrogens is 3. The maximum absolute atomic E-state index is 4.64. The summed E-state index contributed by atoms with van der Waals surface area (Å²) in [4.78, 5) is 13.3. The van der Waals surface area contributed by atoms with Gasteiger partial charge in [0.25, 0.3) is 0 Å². The van der Waals surface area contributed by atoms with Gasteiger partial charge in [-0.2, -0.15) is 0 Å². The van der Waals surface area contributed by atoms with Gasteiger partial charge in [0.2, 0.25) is 0 Å². The van der Waals surface area contributed by atoms with Gasteiger partial charge in [0.05, 0.1) is 11.4 Å². The quantitative estimate of drug-likeness (QED) is 0.713. The molecule has 0 fully saturated rings. The Bertz CT molecular complexity index is 651. The second-order valence-corrected chi connectivity index (χ2v) is 4.23. The minimum absolute atomic E-state index is 0.738. The number of rotatable bonds is 3. The molecule has 3 rings (SSSR count). The summed E-state index contributed by atoms with van der Waals surface area (Å²) in [6.07, 6.45) is 4.32. The summed E-state index contributed by atoms with van der Waals surface area (Å²) in [7, 11) is 0. The molecule has 92 valence electrons. The van der Waals surface area contributed by atoms with E-state index in [2.05, 4.69) is 15.0 Å². The first-order valence-corrected chi connectivity index (χ1v) is 6.19. The van der Waals surface area contributed by atoms with Gasteiger partial charge >= 0.3 is 0 Å². The molecular formula is C16H13N3. The highest BCUT2D eigenvalue weighted by atomic mass is 14.8. The Hall–Kier alpha value is -2.55. The van der Waals surface area contributed by atoms with Crippen LogP contribution in [0.1, 0.15) is 11.4 Å². The second-order valence-electron chi connectivity index (χ2n) is 4.23. The van der Waals surface area contributed by atoms with E-state index in [-0.39, 0.29) is 0 Å². The Labute approximate surface area is 112 Å². The average molecular weight is 247 g/mol. The summed E-state index contributed by atoms with van der Waals surface area (Å²) in [6, 6.07) is 17.8. The van der Waals surface area contributed by atoms with Gasteiger partial charge in [-0.3, -0.25) is 15.0 Å². The van der Waals surface area contributed by atoms with E-state index < -0.39 is 0 Å². The molecule has 0 saturated heterocycles. The lowest BCUT2D eigenvalue weighted by Gasteiger charge is -2.03. The van der Waals surface area contributed by atoms with E-state index in [4.69, 9.17) is 0 Å². The maximum Gasteiger partial charge on any atom is 0.0889 e. The van der Waals surface area contributed by atoms with Crippen LogP contribution < -0.4 is 0 Å². The van der Waals surface area contributed by atoms with Crippen molar-refractivity contribution in [2.24, 2.45) is 0 Å². The molecule has 3 aromatic heterocycles. The van der Waals surface area contributed by atoms with E-state index >= 15 is 0 Å². The number of hydrogen-bond donors (Lipinski definition) is 0. The van der Waals surface area contributed by atoms with Crippen LogP contribution in [0.25, 0.3) is 11.4 Å². The Balaban J connectivity index is 1.89. The molecular weight excluding hydrogens is 234 g/mol. The SMILES string of the molecule is c1ccc(Cc2cccc(-c3ccccn3)n2)nc1. The molecule has 0 amide bonds. The summed E-state index contributed by atoms with van der Waals surface area (Å²) in [5.74, 6) is 0. The lowest BCUT2D eigenvalue weighted by Crippen LogP contribution is -1.96. The summed E-state index contributed by atoms with van der Waals surface area (Å²) >= 11 is 0. The molecule has 0 aliphatic rings. The van der Waals surface area contributed by atoms with Gasteiger partial charge in [-0.25, -0.2) is 0 Å². The van der Waals surface area contributed by atoms with Crippen molar-refractivity contribution in [1.29, 1.82) is 0 Å². The van der Waals surface area contributed by atoms with E-state index in [1.54, 1.807) is 12.4 Å². The van der Waals surface area contributed by atoms with Gasteiger partial charge in [-0.1, -0.05) is 18.2 Å². The third-order valence-electron chi connectivity index (χ3n) is 2.82. The molecule has 19 heavy (non-hydrogen) atoms. The zero-order chi connectivity index (χ0) is 12.9. The van der Waals surface area contributed by atoms with Crippen molar-refractivity contribution < 1.29 is 0 Å². The number of pyridine rings is 3. The van der Waals surface area contributed by atoms with E-state index in [1.807, 2.05) is 54.6 Å². The molecule has 3 heterocycles. The highest BCUT2D eigenvalue weighted by Gasteiger charge is 2.03. The zero-order valence-electron chi connectivity index (χ0n) is 10.4. The highest BCUT2D eigenvalue weighted by molar-refractivity contribution is 5.53. The fraction of sp³-hybridized carbons (Fsp3) is 0.0625. The normalized spacial score (nSPS) is 10.3. The van der Waals surface area contributed by atoms with Gasteiger partial charge in [0.1, 0.15) is 0 Å². The van der Waals surface area contributed by atoms with Crippen LogP contribution in [0.5, 0.6) is 0 Å². The Morgan fingerprint density at radius 3 is 2.11 bits per heavy atom. The third kappa shape index (κ3) is 2.83. The molecule has 0 aliphatic heterocycles. The Morgan fingerprint density at radius 1 is 0.632 bits per heavy atom. The van der Waals surface area contributed by atoms with Gasteiger partial charge in [0.15, 0.2) is 0 Å². The second kappa shape index (κ2) is 5.40. The van der Waals surface area contributed by atoms with Crippen molar-refractivity contribution in [2.45, 2.75) is 6.42 Å². The summed E-state index contributed by atoms with van der Waals surface area (Å²) < 4.78 is 0. The van der Waals surface area contributed by atoms with Crippen LogP contribution in [-0.2, 0) is 6.42 Å². The van der Waals surface area contributed by atoms with Gasteiger partial charge < -0.3 is 0 Å². The molecule has 0 saturated carbocycles. The van der Waals surface area contributed by atoms with Crippen LogP contribution in [0.2, 0.25) is 0 Å². The predicted molar refractivity (Wildman–Crippen MR) is 74.5 cm³/mol. The fourth-order valence-electron chi connectivity index (χ4n) is 1.92. The molecule has 0 unspecified atom stereocenters. The molecule has 0 bridgehead atoms. The minimum Gasteiger partial charge on any atom is -0.261 e. The molecule has 0 aromatic carbocycles. The lowest BCUT2D eigenvalue weighted by molar-refractivity contribution is 1.01. The third-order valence-corrected chi connectivity index (χ3v) is 2.82. The molecule has 0 aliphatic carbocycles. The lowest BCUT2D eigenvalue weighted by atomic mass is 10.1. The number of nitrogens with zero attached hydrogens (tertiary/aromatic N) is 3. The summed E-state index contributed by atoms with van der Waals surface area (Å²) in [6.45, 7) is 0. The van der Waals surface area contributed by atoms with Gasteiger partial charge in [-0.05, 0) is 36.4 Å². The van der Waals surface area contributed by atoms with E-state index in [1.165, 1.54) is 0 Å². The number of hydrogen-bond acceptors (Lipinski definition) is 3. The van der Waals surface area contributed by atoms with Crippen LogP contribution in [0.15, 0.2) is 67.0 Å². The Kier molecular flexibility index (Phi) is 3.28. The molecule has 0 N–H and O–H groups in total. The van der Waals surface area contributed by atoms with Crippen LogP contribution in [-0.4, -0.2) is 15.0 Å². The zero-order valence-corrected chi connectivity index (χ0v) is 10.4. The fourth-order valence-corrected chi connectivity index (χ4v) is 1.92. The Morgan fingerprint density at radius 2 is 1.37 bits per heavy atom. The minimum atomic E-state index is 0.738. The van der Waals surface area contributed by atoms with Crippen molar-refractivity contribution >= 4 is 0 Å². The van der Waals surface area contributed by atoms with Crippen molar-refractivity contribution in [2.75, 3.05) is 0 Å². The first-order valence-electron chi connectivity index (χ1n) is 6.19. The topological polar surface area (TPSA) is 38.7 Å². The first-order chi connectivity index (χ1) is 9.42. The summed E-state index contributed by atoms with van der Waals surface area (Å²) in [5, 5.41) is 0. The maximum atomic E-state index is 4.64. The molecule has 0 spiro atoms. The van der Waals surface area contributed by atoms with Crippen molar-refractivity contribution in [3.05, 3.63) is 78.4 Å². The van der Waals surface area contributed by atoms with Crippen molar-refractivity contribution in [3.63, 3.8) is 0 Å². The van der Waals surface area contributed by atoms with Gasteiger partial charge in [-0.15, -0.1) is 0 Å². The van der Waals surface area contributed by atoms with Crippen molar-refractivity contribution in [3.8, 4) is 11.4 Å². The van der Waals surface area contributed by atoms with Crippen LogP contribution >= 0.6 is 0 Å². The molecule has 0 atom stereocenters. The van der Waals surface area contributed by atoms with Crippen LogP contribution in [0.4, 0.5) is 0 Å². The van der Waals surface area contributed by atoms with E-state index in [0.29, 0.717) is 0 Å². The average Bonchev–Trinajstić information content (AvgIpc) is 2.49. The smallest absolute Gasteiger partial charge is 0.0889 e. The van der Waals surface area contributed by atoms with Crippen LogP contribution in [0.3, 0.4) is 0 Å². The molecule has 3 heteroatoms. The largest absolute Gasteiger partial charge is 0.261 e. The standard InChI is InChI=1S/C16H13N3/c1-3-10-17-13(6-1)12-14-7-5-9-16(19-14)15-8-2-4-11-18-15/h1-11H,12H2. The predicted octanol–water partition coefficient (Wildman–Crippen LogP) is 3.13. The van der Waals surface area contributed by atoms with Crippen LogP contribution in [0, 0.1) is 0 Å². The monoisotopic (exact) mass is 247 g/mol.